The van der Waals surface area contributed by atoms with Crippen LogP contribution in [0.3, 0.4) is 0 Å². The molecule has 2 nitrogen and oxygen atoms in total. The molecule has 0 saturated heterocycles. The molecule has 0 saturated carbocycles. The first-order chi connectivity index (χ1) is 8.92. The molecule has 0 bridgehead atoms. The first kappa shape index (κ1) is 18.1. The van der Waals surface area contributed by atoms with Crippen molar-refractivity contribution in [3.63, 3.8) is 0 Å². The van der Waals surface area contributed by atoms with Crippen molar-refractivity contribution in [2.75, 3.05) is 0 Å². The standard InChI is InChI=1S/C16H27ClN2/c1-7-9-11-13(5)15(16(17)18-12(3)4)19-14(6)10-8-2/h11H,7-10H2,1-6H3/b13-11+,16-15+,19-14?. The summed E-state index contributed by atoms with van der Waals surface area (Å²) in [5, 5.41) is 0.486. The van der Waals surface area contributed by atoms with Crippen molar-refractivity contribution in [1.82, 2.24) is 0 Å². The Bertz CT molecular complexity index is 397. The van der Waals surface area contributed by atoms with Crippen LogP contribution in [-0.4, -0.2) is 11.4 Å². The number of halogens is 1. The van der Waals surface area contributed by atoms with Gasteiger partial charge in [-0.1, -0.05) is 44.4 Å². The molecule has 3 heteroatoms. The molecule has 0 aromatic carbocycles. The van der Waals surface area contributed by atoms with Crippen LogP contribution in [0, 0.1) is 0 Å². The Balaban J connectivity index is 5.50. The zero-order valence-corrected chi connectivity index (χ0v) is 13.9. The van der Waals surface area contributed by atoms with E-state index < -0.39 is 0 Å². The molecule has 0 aliphatic rings. The Labute approximate surface area is 123 Å². The molecule has 0 unspecified atom stereocenters. The molecular weight excluding hydrogens is 256 g/mol. The fourth-order valence-electron chi connectivity index (χ4n) is 1.61. The molecular formula is C16H27ClN2. The summed E-state index contributed by atoms with van der Waals surface area (Å²) in [5.74, 6) is 0. The van der Waals surface area contributed by atoms with Gasteiger partial charge in [-0.3, -0.25) is 4.99 Å². The van der Waals surface area contributed by atoms with Gasteiger partial charge in [-0.05, 0) is 46.1 Å². The lowest BCUT2D eigenvalue weighted by atomic mass is 10.1. The third-order valence-corrected chi connectivity index (χ3v) is 2.81. The van der Waals surface area contributed by atoms with Crippen LogP contribution in [0.25, 0.3) is 0 Å². The van der Waals surface area contributed by atoms with Gasteiger partial charge in [-0.15, -0.1) is 0 Å². The molecule has 0 aliphatic heterocycles. The molecule has 0 aliphatic carbocycles. The second-order valence-corrected chi connectivity index (χ2v) is 5.33. The Hall–Kier alpha value is -0.890. The van der Waals surface area contributed by atoms with E-state index in [9.17, 15) is 0 Å². The molecule has 0 radical (unpaired) electrons. The van der Waals surface area contributed by atoms with Crippen LogP contribution in [0.4, 0.5) is 0 Å². The number of unbranched alkanes of at least 4 members (excludes halogenated alkanes) is 1. The average molecular weight is 283 g/mol. The predicted molar refractivity (Wildman–Crippen MR) is 88.3 cm³/mol. The third kappa shape index (κ3) is 7.99. The molecule has 0 atom stereocenters. The monoisotopic (exact) mass is 282 g/mol. The molecule has 0 aromatic heterocycles. The minimum absolute atomic E-state index is 0.486. The summed E-state index contributed by atoms with van der Waals surface area (Å²) in [7, 11) is 0. The lowest BCUT2D eigenvalue weighted by Gasteiger charge is -2.07. The van der Waals surface area contributed by atoms with Crippen molar-refractivity contribution in [3.8, 4) is 0 Å². The Kier molecular flexibility index (Phi) is 9.50. The van der Waals surface area contributed by atoms with Crippen LogP contribution in [0.15, 0.2) is 32.5 Å². The van der Waals surface area contributed by atoms with Crippen molar-refractivity contribution >= 4 is 23.0 Å². The smallest absolute Gasteiger partial charge is 0.154 e. The molecule has 19 heavy (non-hydrogen) atoms. The zero-order valence-electron chi connectivity index (χ0n) is 13.2. The summed E-state index contributed by atoms with van der Waals surface area (Å²) in [5.41, 5.74) is 3.95. The van der Waals surface area contributed by atoms with Crippen molar-refractivity contribution < 1.29 is 0 Å². The van der Waals surface area contributed by atoms with E-state index in [0.717, 1.165) is 48.4 Å². The third-order valence-electron chi connectivity index (χ3n) is 2.54. The van der Waals surface area contributed by atoms with Gasteiger partial charge in [0.1, 0.15) is 5.70 Å². The van der Waals surface area contributed by atoms with Crippen LogP contribution in [0.2, 0.25) is 0 Å². The van der Waals surface area contributed by atoms with E-state index in [0.29, 0.717) is 5.16 Å². The van der Waals surface area contributed by atoms with E-state index in [4.69, 9.17) is 11.6 Å². The van der Waals surface area contributed by atoms with Gasteiger partial charge in [0, 0.05) is 11.4 Å². The second-order valence-electron chi connectivity index (χ2n) is 4.97. The molecule has 0 fully saturated rings. The maximum absolute atomic E-state index is 6.30. The van der Waals surface area contributed by atoms with Crippen molar-refractivity contribution in [1.29, 1.82) is 0 Å². The van der Waals surface area contributed by atoms with E-state index in [1.54, 1.807) is 0 Å². The minimum Gasteiger partial charge on any atom is -0.255 e. The van der Waals surface area contributed by atoms with Crippen LogP contribution < -0.4 is 0 Å². The van der Waals surface area contributed by atoms with Gasteiger partial charge in [0.25, 0.3) is 0 Å². The summed E-state index contributed by atoms with van der Waals surface area (Å²) >= 11 is 6.30. The Morgan fingerprint density at radius 2 is 1.63 bits per heavy atom. The SMILES string of the molecule is CCC/C=C(C)/C(N=C(C)CCC)=C(/Cl)N=C(C)C. The fourth-order valence-corrected chi connectivity index (χ4v) is 1.97. The number of hydrogen-bond acceptors (Lipinski definition) is 2. The second kappa shape index (κ2) is 9.96. The molecule has 0 rings (SSSR count). The minimum atomic E-state index is 0.486. The number of rotatable bonds is 7. The predicted octanol–water partition coefficient (Wildman–Crippen LogP) is 5.88. The summed E-state index contributed by atoms with van der Waals surface area (Å²) in [6.07, 6.45) is 6.42. The molecule has 0 heterocycles. The van der Waals surface area contributed by atoms with Crippen molar-refractivity contribution in [2.45, 2.75) is 67.2 Å². The van der Waals surface area contributed by atoms with Crippen LogP contribution in [0.5, 0.6) is 0 Å². The highest BCUT2D eigenvalue weighted by atomic mass is 35.5. The topological polar surface area (TPSA) is 24.7 Å². The van der Waals surface area contributed by atoms with Gasteiger partial charge in [0.05, 0.1) is 0 Å². The first-order valence-electron chi connectivity index (χ1n) is 7.05. The van der Waals surface area contributed by atoms with Gasteiger partial charge in [-0.25, -0.2) is 4.99 Å². The molecule has 0 aromatic rings. The molecule has 0 N–H and O–H groups in total. The average Bonchev–Trinajstić information content (AvgIpc) is 2.32. The number of hydrogen-bond donors (Lipinski definition) is 0. The van der Waals surface area contributed by atoms with E-state index in [-0.39, 0.29) is 0 Å². The summed E-state index contributed by atoms with van der Waals surface area (Å²) in [6.45, 7) is 12.3. The van der Waals surface area contributed by atoms with Gasteiger partial charge in [0.2, 0.25) is 0 Å². The molecule has 0 amide bonds. The zero-order chi connectivity index (χ0) is 14.8. The molecule has 108 valence electrons. The van der Waals surface area contributed by atoms with E-state index in [2.05, 4.69) is 36.8 Å². The normalized spacial score (nSPS) is 14.3. The maximum Gasteiger partial charge on any atom is 0.154 e. The van der Waals surface area contributed by atoms with E-state index in [1.165, 1.54) is 0 Å². The van der Waals surface area contributed by atoms with E-state index in [1.807, 2.05) is 20.8 Å². The number of nitrogens with zero attached hydrogens (tertiary/aromatic N) is 2. The largest absolute Gasteiger partial charge is 0.255 e. The Morgan fingerprint density at radius 1 is 1.00 bits per heavy atom. The highest BCUT2D eigenvalue weighted by Gasteiger charge is 2.06. The van der Waals surface area contributed by atoms with Crippen LogP contribution >= 0.6 is 11.6 Å². The number of aliphatic imine (C=N–C) groups is 2. The van der Waals surface area contributed by atoms with Crippen LogP contribution in [0.1, 0.15) is 67.2 Å². The van der Waals surface area contributed by atoms with E-state index >= 15 is 0 Å². The lowest BCUT2D eigenvalue weighted by molar-refractivity contribution is 0.946. The number of allylic oxidation sites excluding steroid dienone is 2. The highest BCUT2D eigenvalue weighted by molar-refractivity contribution is 6.30. The highest BCUT2D eigenvalue weighted by Crippen LogP contribution is 2.22. The van der Waals surface area contributed by atoms with Crippen molar-refractivity contribution in [2.24, 2.45) is 9.98 Å². The molecule has 0 spiro atoms. The quantitative estimate of drug-likeness (QED) is 0.316. The van der Waals surface area contributed by atoms with Crippen LogP contribution in [-0.2, 0) is 0 Å². The first-order valence-corrected chi connectivity index (χ1v) is 7.43. The lowest BCUT2D eigenvalue weighted by Crippen LogP contribution is -1.95. The summed E-state index contributed by atoms with van der Waals surface area (Å²) in [6, 6.07) is 0. The Morgan fingerprint density at radius 3 is 2.11 bits per heavy atom. The van der Waals surface area contributed by atoms with Gasteiger partial charge >= 0.3 is 0 Å². The van der Waals surface area contributed by atoms with Gasteiger partial charge in [0.15, 0.2) is 5.16 Å². The summed E-state index contributed by atoms with van der Waals surface area (Å²) in [4.78, 5) is 8.99. The van der Waals surface area contributed by atoms with Gasteiger partial charge < -0.3 is 0 Å². The van der Waals surface area contributed by atoms with Crippen molar-refractivity contribution in [3.05, 3.63) is 22.5 Å². The fraction of sp³-hybridized carbons (Fsp3) is 0.625. The van der Waals surface area contributed by atoms with Gasteiger partial charge in [-0.2, -0.15) is 0 Å². The maximum atomic E-state index is 6.30. The summed E-state index contributed by atoms with van der Waals surface area (Å²) < 4.78 is 0.